The zero-order valence-corrected chi connectivity index (χ0v) is 30.3. The molecule has 0 aliphatic rings. The van der Waals surface area contributed by atoms with Crippen LogP contribution in [0.25, 0.3) is 71.5 Å². The molecule has 0 N–H and O–H groups in total. The Bertz CT molecular complexity index is 2660. The molecule has 0 bridgehead atoms. The lowest BCUT2D eigenvalue weighted by molar-refractivity contribution is 1.29. The number of rotatable bonds is 3. The Morgan fingerprint density at radius 3 is 1.00 bits per heavy atom. The maximum atomic E-state index is 14.8. The fraction of sp³-hybridized carbons (Fsp3) is 0.191. The molecule has 246 valence electrons. The lowest BCUT2D eigenvalue weighted by atomic mass is 9.89. The van der Waals surface area contributed by atoms with Crippen molar-refractivity contribution in [2.45, 2.75) is 62.3 Å². The molecule has 3 heteroatoms. The number of hydrogen-bond donors (Lipinski definition) is 0. The van der Waals surface area contributed by atoms with Crippen molar-refractivity contribution in [2.75, 3.05) is 0 Å². The van der Waals surface area contributed by atoms with Gasteiger partial charge in [-0.1, -0.05) is 65.2 Å². The Kier molecular flexibility index (Phi) is 7.13. The van der Waals surface area contributed by atoms with Crippen LogP contribution in [0, 0.1) is 62.3 Å². The molecule has 8 aromatic rings. The van der Waals surface area contributed by atoms with Crippen LogP contribution in [0.1, 0.15) is 50.1 Å². The van der Waals surface area contributed by atoms with Gasteiger partial charge in [0.25, 0.3) is 0 Å². The fourth-order valence-corrected chi connectivity index (χ4v) is 9.07. The number of fused-ring (bicyclic) bond motifs is 4. The van der Waals surface area contributed by atoms with E-state index < -0.39 is 0 Å². The molecule has 0 saturated heterocycles. The van der Waals surface area contributed by atoms with Gasteiger partial charge in [0.2, 0.25) is 0 Å². The van der Waals surface area contributed by atoms with E-state index in [1.54, 1.807) is 0 Å². The van der Waals surface area contributed by atoms with Crippen LogP contribution >= 0.6 is 0 Å². The van der Waals surface area contributed by atoms with E-state index in [1.807, 2.05) is 12.1 Å². The van der Waals surface area contributed by atoms with E-state index in [1.165, 1.54) is 38.9 Å². The monoisotopic (exact) mass is 651 g/mol. The first kappa shape index (κ1) is 31.7. The Hall–Kier alpha value is -5.54. The summed E-state index contributed by atoms with van der Waals surface area (Å²) in [6.07, 6.45) is 0. The molecule has 0 aliphatic carbocycles. The lowest BCUT2D eigenvalue weighted by Gasteiger charge is -2.19. The van der Waals surface area contributed by atoms with Crippen LogP contribution in [0.2, 0.25) is 0 Å². The molecule has 0 unspecified atom stereocenters. The molecule has 0 fully saturated rings. The van der Waals surface area contributed by atoms with Crippen LogP contribution < -0.4 is 10.9 Å². The SMILES string of the molecule is Cc1cc(C)c(-c2ccc3c(c2)c(=O)c2cc(-c4c(C)cc(C)cc4C)cc4c(=O)c5cc(-c6c(C)cc(C)cc6C)ccc5n3c24)c(C)c1. The van der Waals surface area contributed by atoms with E-state index in [0.717, 1.165) is 55.5 Å². The second-order valence-corrected chi connectivity index (χ2v) is 14.7. The highest BCUT2D eigenvalue weighted by Crippen LogP contribution is 2.37. The maximum absolute atomic E-state index is 14.8. The van der Waals surface area contributed by atoms with Gasteiger partial charge in [-0.3, -0.25) is 9.59 Å². The van der Waals surface area contributed by atoms with Gasteiger partial charge in [-0.2, -0.15) is 0 Å². The van der Waals surface area contributed by atoms with Crippen LogP contribution in [0.15, 0.2) is 94.5 Å². The van der Waals surface area contributed by atoms with E-state index in [0.29, 0.717) is 27.1 Å². The first-order valence-corrected chi connectivity index (χ1v) is 17.4. The van der Waals surface area contributed by atoms with Crippen LogP contribution in [-0.4, -0.2) is 4.40 Å². The number of nitrogens with zero attached hydrogens (tertiary/aromatic N) is 1. The average Bonchev–Trinajstić information content (AvgIpc) is 3.03. The molecule has 0 aliphatic heterocycles. The van der Waals surface area contributed by atoms with Gasteiger partial charge in [-0.05, 0) is 165 Å². The van der Waals surface area contributed by atoms with Crippen molar-refractivity contribution in [3.05, 3.63) is 155 Å². The minimum Gasteiger partial charge on any atom is -0.308 e. The van der Waals surface area contributed by atoms with Crippen LogP contribution in [0.4, 0.5) is 0 Å². The van der Waals surface area contributed by atoms with Crippen molar-refractivity contribution in [1.29, 1.82) is 0 Å². The molecule has 3 nitrogen and oxygen atoms in total. The predicted octanol–water partition coefficient (Wildman–Crippen LogP) is 11.3. The van der Waals surface area contributed by atoms with Crippen LogP contribution in [0.5, 0.6) is 0 Å². The Labute approximate surface area is 292 Å². The number of hydrogen-bond acceptors (Lipinski definition) is 2. The van der Waals surface area contributed by atoms with Gasteiger partial charge < -0.3 is 4.40 Å². The van der Waals surface area contributed by atoms with Crippen LogP contribution in [0.3, 0.4) is 0 Å². The zero-order valence-electron chi connectivity index (χ0n) is 30.3. The first-order chi connectivity index (χ1) is 23.8. The van der Waals surface area contributed by atoms with E-state index in [4.69, 9.17) is 0 Å². The number of aryl methyl sites for hydroxylation is 9. The largest absolute Gasteiger partial charge is 0.308 e. The third kappa shape index (κ3) is 4.71. The normalized spacial score (nSPS) is 11.9. The summed E-state index contributed by atoms with van der Waals surface area (Å²) >= 11 is 0. The first-order valence-electron chi connectivity index (χ1n) is 17.4. The van der Waals surface area contributed by atoms with Crippen molar-refractivity contribution in [3.63, 3.8) is 0 Å². The highest BCUT2D eigenvalue weighted by molar-refractivity contribution is 6.10. The van der Waals surface area contributed by atoms with E-state index in [-0.39, 0.29) is 10.9 Å². The van der Waals surface area contributed by atoms with Crippen molar-refractivity contribution >= 4 is 38.1 Å². The fourth-order valence-electron chi connectivity index (χ4n) is 9.07. The Balaban J connectivity index is 1.55. The molecular formula is C47H41NO2. The van der Waals surface area contributed by atoms with Gasteiger partial charge >= 0.3 is 0 Å². The van der Waals surface area contributed by atoms with Gasteiger partial charge in [0.1, 0.15) is 0 Å². The summed E-state index contributed by atoms with van der Waals surface area (Å²) in [5, 5.41) is 2.41. The molecule has 2 aromatic heterocycles. The molecular weight excluding hydrogens is 611 g/mol. The number of pyridine rings is 2. The summed E-state index contributed by atoms with van der Waals surface area (Å²) in [5.41, 5.74) is 19.1. The van der Waals surface area contributed by atoms with Crippen molar-refractivity contribution < 1.29 is 0 Å². The molecule has 0 atom stereocenters. The number of benzene rings is 6. The zero-order chi connectivity index (χ0) is 35.3. The molecule has 50 heavy (non-hydrogen) atoms. The van der Waals surface area contributed by atoms with Gasteiger partial charge in [-0.15, -0.1) is 0 Å². The molecule has 0 radical (unpaired) electrons. The molecule has 0 amide bonds. The number of aromatic nitrogens is 1. The minimum atomic E-state index is -0.0557. The minimum absolute atomic E-state index is 0.0557. The van der Waals surface area contributed by atoms with Crippen molar-refractivity contribution in [3.8, 4) is 33.4 Å². The molecule has 8 rings (SSSR count). The van der Waals surface area contributed by atoms with Crippen molar-refractivity contribution in [2.24, 2.45) is 0 Å². The third-order valence-corrected chi connectivity index (χ3v) is 10.7. The Morgan fingerprint density at radius 2 is 0.660 bits per heavy atom. The maximum Gasteiger partial charge on any atom is 0.197 e. The molecule has 0 spiro atoms. The molecule has 6 aromatic carbocycles. The highest BCUT2D eigenvalue weighted by Gasteiger charge is 2.21. The van der Waals surface area contributed by atoms with E-state index in [9.17, 15) is 9.59 Å². The summed E-state index contributed by atoms with van der Waals surface area (Å²) in [7, 11) is 0. The van der Waals surface area contributed by atoms with Gasteiger partial charge in [0, 0.05) is 21.5 Å². The summed E-state index contributed by atoms with van der Waals surface area (Å²) in [6, 6.07) is 29.7. The summed E-state index contributed by atoms with van der Waals surface area (Å²) in [4.78, 5) is 29.6. The van der Waals surface area contributed by atoms with Crippen LogP contribution in [-0.2, 0) is 0 Å². The molecule has 2 heterocycles. The summed E-state index contributed by atoms with van der Waals surface area (Å²) < 4.78 is 2.16. The standard InChI is InChI=1S/C47H41NO2/c1-24-14-27(4)42(28(5)15-24)33-10-12-40-36(20-33)46(49)38-22-35(44-31(8)18-26(3)19-32(44)9)23-39-45(38)48(40)41-13-11-34(21-37(41)47(39)50)43-29(6)16-25(2)17-30(43)7/h10-23H,1-9H3. The van der Waals surface area contributed by atoms with Gasteiger partial charge in [0.15, 0.2) is 10.9 Å². The molecule has 0 saturated carbocycles. The Morgan fingerprint density at radius 1 is 0.360 bits per heavy atom. The predicted molar refractivity (Wildman–Crippen MR) is 213 cm³/mol. The third-order valence-electron chi connectivity index (χ3n) is 10.7. The second kappa shape index (κ2) is 11.2. The van der Waals surface area contributed by atoms with E-state index >= 15 is 0 Å². The second-order valence-electron chi connectivity index (χ2n) is 14.7. The topological polar surface area (TPSA) is 38.5 Å². The van der Waals surface area contributed by atoms with Crippen molar-refractivity contribution in [1.82, 2.24) is 4.40 Å². The van der Waals surface area contributed by atoms with Gasteiger partial charge in [0.05, 0.1) is 16.6 Å². The average molecular weight is 652 g/mol. The summed E-state index contributed by atoms with van der Waals surface area (Å²) in [6.45, 7) is 19.1. The van der Waals surface area contributed by atoms with Gasteiger partial charge in [-0.25, -0.2) is 0 Å². The smallest absolute Gasteiger partial charge is 0.197 e. The lowest BCUT2D eigenvalue weighted by Crippen LogP contribution is -2.15. The summed E-state index contributed by atoms with van der Waals surface area (Å²) in [5.74, 6) is 0. The van der Waals surface area contributed by atoms with E-state index in [2.05, 4.69) is 140 Å². The quantitative estimate of drug-likeness (QED) is 0.141. The highest BCUT2D eigenvalue weighted by atomic mass is 16.1.